The Kier molecular flexibility index (Phi) is 6.56. The Morgan fingerprint density at radius 3 is 2.23 bits per heavy atom. The third-order valence-electron chi connectivity index (χ3n) is 4.27. The molecule has 1 amide bonds. The molecule has 138 valence electrons. The van der Waals surface area contributed by atoms with E-state index in [0.717, 1.165) is 16.8 Å². The summed E-state index contributed by atoms with van der Waals surface area (Å²) in [6.45, 7) is 7.94. The van der Waals surface area contributed by atoms with Crippen molar-refractivity contribution in [3.63, 3.8) is 0 Å². The molecule has 0 aliphatic carbocycles. The van der Waals surface area contributed by atoms with Gasteiger partial charge in [0, 0.05) is 33.8 Å². The first-order chi connectivity index (χ1) is 12.5. The molecular formula is C23H30N2O. The van der Waals surface area contributed by atoms with E-state index >= 15 is 0 Å². The fourth-order valence-corrected chi connectivity index (χ4v) is 2.83. The quantitative estimate of drug-likeness (QED) is 0.683. The molecular weight excluding hydrogens is 320 g/mol. The predicted octanol–water partition coefficient (Wildman–Crippen LogP) is 5.18. The molecule has 0 fully saturated rings. The second-order valence-electron chi connectivity index (χ2n) is 6.15. The molecule has 0 aliphatic heterocycles. The average molecular weight is 351 g/mol. The van der Waals surface area contributed by atoms with Gasteiger partial charge in [0.1, 0.15) is 0 Å². The van der Waals surface area contributed by atoms with Gasteiger partial charge in [0.05, 0.1) is 0 Å². The number of rotatable bonds is 3. The monoisotopic (exact) mass is 350 g/mol. The lowest BCUT2D eigenvalue weighted by atomic mass is 10.0. The Labute approximate surface area is 158 Å². The molecule has 0 unspecified atom stereocenters. The SMILES string of the molecule is C=C(NC)c1cccc2ccccc12.CNC(=O)c1ccc(C)cc1C.[HH].[HH]. The van der Waals surface area contributed by atoms with E-state index in [1.807, 2.05) is 45.2 Å². The topological polar surface area (TPSA) is 41.1 Å². The predicted molar refractivity (Wildman–Crippen MR) is 116 cm³/mol. The zero-order valence-corrected chi connectivity index (χ0v) is 15.9. The largest absolute Gasteiger partial charge is 0.388 e. The molecule has 3 nitrogen and oxygen atoms in total. The fraction of sp³-hybridized carbons (Fsp3) is 0.174. The maximum atomic E-state index is 11.2. The molecule has 0 saturated carbocycles. The van der Waals surface area contributed by atoms with Crippen LogP contribution in [0.25, 0.3) is 16.5 Å². The summed E-state index contributed by atoms with van der Waals surface area (Å²) in [5, 5.41) is 8.18. The van der Waals surface area contributed by atoms with Gasteiger partial charge in [0.25, 0.3) is 5.91 Å². The average Bonchev–Trinajstić information content (AvgIpc) is 2.67. The minimum atomic E-state index is -0.0208. The van der Waals surface area contributed by atoms with Crippen molar-refractivity contribution < 1.29 is 7.65 Å². The molecule has 26 heavy (non-hydrogen) atoms. The summed E-state index contributed by atoms with van der Waals surface area (Å²) < 4.78 is 0. The summed E-state index contributed by atoms with van der Waals surface area (Å²) in [6.07, 6.45) is 0. The zero-order valence-electron chi connectivity index (χ0n) is 15.9. The van der Waals surface area contributed by atoms with Gasteiger partial charge in [-0.1, -0.05) is 66.7 Å². The number of nitrogens with one attached hydrogen (secondary N) is 2. The smallest absolute Gasteiger partial charge is 0.251 e. The van der Waals surface area contributed by atoms with Crippen molar-refractivity contribution in [2.75, 3.05) is 14.1 Å². The summed E-state index contributed by atoms with van der Waals surface area (Å²) >= 11 is 0. The minimum absolute atomic E-state index is 0. The van der Waals surface area contributed by atoms with Gasteiger partial charge in [0.15, 0.2) is 0 Å². The van der Waals surface area contributed by atoms with E-state index in [4.69, 9.17) is 0 Å². The lowest BCUT2D eigenvalue weighted by Gasteiger charge is -2.08. The molecule has 0 spiro atoms. The molecule has 0 radical (unpaired) electrons. The molecule has 3 heteroatoms. The van der Waals surface area contributed by atoms with E-state index in [-0.39, 0.29) is 8.76 Å². The van der Waals surface area contributed by atoms with Crippen molar-refractivity contribution in [1.29, 1.82) is 0 Å². The Balaban J connectivity index is 0.000000492. The number of carbonyl (C=O) groups is 1. The van der Waals surface area contributed by atoms with Crippen LogP contribution in [-0.2, 0) is 0 Å². The van der Waals surface area contributed by atoms with Crippen LogP contribution >= 0.6 is 0 Å². The summed E-state index contributed by atoms with van der Waals surface area (Å²) in [7, 11) is 3.53. The van der Waals surface area contributed by atoms with Gasteiger partial charge in [-0.25, -0.2) is 0 Å². The summed E-state index contributed by atoms with van der Waals surface area (Å²) in [5.41, 5.74) is 5.09. The second-order valence-corrected chi connectivity index (χ2v) is 6.15. The molecule has 0 heterocycles. The van der Waals surface area contributed by atoms with Crippen LogP contribution in [-0.4, -0.2) is 20.0 Å². The first kappa shape index (κ1) is 19.3. The summed E-state index contributed by atoms with van der Waals surface area (Å²) in [6, 6.07) is 20.4. The van der Waals surface area contributed by atoms with Crippen LogP contribution < -0.4 is 10.6 Å². The van der Waals surface area contributed by atoms with E-state index in [2.05, 4.69) is 53.6 Å². The number of fused-ring (bicyclic) bond motifs is 1. The molecule has 0 aliphatic rings. The molecule has 3 aromatic carbocycles. The van der Waals surface area contributed by atoms with Crippen LogP contribution in [0.5, 0.6) is 0 Å². The van der Waals surface area contributed by atoms with Gasteiger partial charge >= 0.3 is 0 Å². The molecule has 0 aromatic heterocycles. The van der Waals surface area contributed by atoms with E-state index in [1.165, 1.54) is 21.9 Å². The number of hydrogen-bond donors (Lipinski definition) is 2. The van der Waals surface area contributed by atoms with Crippen LogP contribution in [0.4, 0.5) is 0 Å². The zero-order chi connectivity index (χ0) is 19.1. The lowest BCUT2D eigenvalue weighted by molar-refractivity contribution is 0.0962. The van der Waals surface area contributed by atoms with E-state index in [1.54, 1.807) is 7.05 Å². The van der Waals surface area contributed by atoms with E-state index in [9.17, 15) is 4.79 Å². The van der Waals surface area contributed by atoms with Gasteiger partial charge in [-0.3, -0.25) is 4.79 Å². The maximum Gasteiger partial charge on any atom is 0.251 e. The van der Waals surface area contributed by atoms with Gasteiger partial charge in [-0.15, -0.1) is 0 Å². The van der Waals surface area contributed by atoms with Gasteiger partial charge < -0.3 is 10.6 Å². The normalized spacial score (nSPS) is 9.85. The van der Waals surface area contributed by atoms with Gasteiger partial charge in [-0.2, -0.15) is 0 Å². The Bertz CT molecular complexity index is 934. The number of amides is 1. The summed E-state index contributed by atoms with van der Waals surface area (Å²) in [5.74, 6) is -0.0208. The van der Waals surface area contributed by atoms with Crippen LogP contribution in [0.3, 0.4) is 0 Å². The number of aryl methyl sites for hydroxylation is 2. The van der Waals surface area contributed by atoms with Crippen molar-refractivity contribution in [3.8, 4) is 0 Å². The van der Waals surface area contributed by atoms with Crippen LogP contribution in [0, 0.1) is 13.8 Å². The van der Waals surface area contributed by atoms with Gasteiger partial charge in [0.2, 0.25) is 0 Å². The Morgan fingerprint density at radius 2 is 1.58 bits per heavy atom. The Morgan fingerprint density at radius 1 is 0.885 bits per heavy atom. The number of hydrogen-bond acceptors (Lipinski definition) is 2. The highest BCUT2D eigenvalue weighted by atomic mass is 16.1. The van der Waals surface area contributed by atoms with E-state index < -0.39 is 0 Å². The van der Waals surface area contributed by atoms with Crippen LogP contribution in [0.1, 0.15) is 29.9 Å². The molecule has 2 N–H and O–H groups in total. The number of carbonyl (C=O) groups excluding carboxylic acids is 1. The first-order valence-corrected chi connectivity index (χ1v) is 8.62. The van der Waals surface area contributed by atoms with Crippen molar-refractivity contribution in [3.05, 3.63) is 89.5 Å². The fourth-order valence-electron chi connectivity index (χ4n) is 2.83. The molecule has 3 aromatic rings. The number of benzene rings is 3. The molecule has 0 bridgehead atoms. The highest BCUT2D eigenvalue weighted by molar-refractivity contribution is 5.95. The Hall–Kier alpha value is -3.07. The molecule has 0 atom stereocenters. The first-order valence-electron chi connectivity index (χ1n) is 8.62. The van der Waals surface area contributed by atoms with Crippen molar-refractivity contribution >= 4 is 22.4 Å². The van der Waals surface area contributed by atoms with E-state index in [0.29, 0.717) is 0 Å². The van der Waals surface area contributed by atoms with Crippen molar-refractivity contribution in [2.24, 2.45) is 0 Å². The van der Waals surface area contributed by atoms with Crippen molar-refractivity contribution in [1.82, 2.24) is 10.6 Å². The van der Waals surface area contributed by atoms with Crippen molar-refractivity contribution in [2.45, 2.75) is 13.8 Å². The van der Waals surface area contributed by atoms with Crippen LogP contribution in [0.2, 0.25) is 0 Å². The third kappa shape index (κ3) is 4.51. The standard InChI is InChI=1S/C13H13N.C10H13NO.2H2/c1-10(14-2)12-9-5-7-11-6-3-4-8-13(11)12;1-7-4-5-9(8(2)6-7)10(12)11-3;;/h3-9,14H,1H2,2H3;4-6H,1-3H3,(H,11,12);2*1H. The van der Waals surface area contributed by atoms with Crippen LogP contribution in [0.15, 0.2) is 67.2 Å². The second kappa shape index (κ2) is 8.86. The highest BCUT2D eigenvalue weighted by Crippen LogP contribution is 2.22. The van der Waals surface area contributed by atoms with Gasteiger partial charge in [-0.05, 0) is 36.2 Å². The maximum absolute atomic E-state index is 11.2. The minimum Gasteiger partial charge on any atom is -0.388 e. The lowest BCUT2D eigenvalue weighted by Crippen LogP contribution is -2.18. The molecule has 0 saturated heterocycles. The third-order valence-corrected chi connectivity index (χ3v) is 4.27. The molecule has 3 rings (SSSR count). The highest BCUT2D eigenvalue weighted by Gasteiger charge is 2.05. The summed E-state index contributed by atoms with van der Waals surface area (Å²) in [4.78, 5) is 11.2.